The molecule has 18 heavy (non-hydrogen) atoms. The largest absolute Gasteiger partial charge is 0.310 e. The lowest BCUT2D eigenvalue weighted by atomic mass is 10.2. The third-order valence-corrected chi connectivity index (χ3v) is 2.87. The van der Waals surface area contributed by atoms with E-state index in [9.17, 15) is 0 Å². The lowest BCUT2D eigenvalue weighted by molar-refractivity contribution is 0.584. The predicted octanol–water partition coefficient (Wildman–Crippen LogP) is 0.866. The summed E-state index contributed by atoms with van der Waals surface area (Å²) in [5.74, 6) is 0. The van der Waals surface area contributed by atoms with Crippen LogP contribution in [0.3, 0.4) is 0 Å². The highest BCUT2D eigenvalue weighted by Gasteiger charge is 2.08. The third kappa shape index (κ3) is 2.95. The molecule has 2 aromatic rings. The van der Waals surface area contributed by atoms with Crippen molar-refractivity contribution < 1.29 is 0 Å². The second-order valence-corrected chi connectivity index (χ2v) is 4.83. The molecule has 0 aliphatic heterocycles. The summed E-state index contributed by atoms with van der Waals surface area (Å²) in [5, 5.41) is 15.8. The molecule has 6 heteroatoms. The molecule has 0 aromatic carbocycles. The highest BCUT2D eigenvalue weighted by Crippen LogP contribution is 2.09. The number of nitrogens with zero attached hydrogens (tertiary/aromatic N) is 5. The SMILES string of the molecule is Cc1c(CNC(C)C)cnn1Cc1cn(C)nn1. The van der Waals surface area contributed by atoms with E-state index in [1.807, 2.05) is 24.1 Å². The van der Waals surface area contributed by atoms with Crippen LogP contribution in [0.25, 0.3) is 0 Å². The van der Waals surface area contributed by atoms with Gasteiger partial charge in [0, 0.05) is 37.1 Å². The van der Waals surface area contributed by atoms with Crippen LogP contribution in [0.1, 0.15) is 30.8 Å². The summed E-state index contributed by atoms with van der Waals surface area (Å²) in [7, 11) is 1.87. The maximum Gasteiger partial charge on any atom is 0.104 e. The van der Waals surface area contributed by atoms with Gasteiger partial charge in [0.2, 0.25) is 0 Å². The standard InChI is InChI=1S/C12H20N6/c1-9(2)13-5-11-6-14-18(10(11)3)8-12-7-17(4)16-15-12/h6-7,9,13H,5,8H2,1-4H3. The smallest absolute Gasteiger partial charge is 0.104 e. The molecule has 0 amide bonds. The minimum atomic E-state index is 0.479. The molecule has 0 saturated heterocycles. The van der Waals surface area contributed by atoms with Gasteiger partial charge in [0.05, 0.1) is 12.7 Å². The molecule has 2 heterocycles. The van der Waals surface area contributed by atoms with Gasteiger partial charge in [-0.2, -0.15) is 5.10 Å². The average Bonchev–Trinajstić information content (AvgIpc) is 2.86. The Morgan fingerprint density at radius 3 is 2.78 bits per heavy atom. The fraction of sp³-hybridized carbons (Fsp3) is 0.583. The van der Waals surface area contributed by atoms with Gasteiger partial charge in [-0.1, -0.05) is 19.1 Å². The van der Waals surface area contributed by atoms with Gasteiger partial charge in [-0.05, 0) is 6.92 Å². The quantitative estimate of drug-likeness (QED) is 0.853. The highest BCUT2D eigenvalue weighted by atomic mass is 15.4. The van der Waals surface area contributed by atoms with Crippen LogP contribution in [0.5, 0.6) is 0 Å². The summed E-state index contributed by atoms with van der Waals surface area (Å²) in [6, 6.07) is 0.479. The fourth-order valence-electron chi connectivity index (χ4n) is 1.75. The van der Waals surface area contributed by atoms with E-state index in [2.05, 4.69) is 41.5 Å². The zero-order chi connectivity index (χ0) is 13.1. The molecule has 0 radical (unpaired) electrons. The van der Waals surface area contributed by atoms with Crippen molar-refractivity contribution in [2.24, 2.45) is 7.05 Å². The van der Waals surface area contributed by atoms with Crippen molar-refractivity contribution in [2.45, 2.75) is 39.9 Å². The van der Waals surface area contributed by atoms with Gasteiger partial charge in [-0.3, -0.25) is 9.36 Å². The molecule has 98 valence electrons. The highest BCUT2D eigenvalue weighted by molar-refractivity contribution is 5.16. The van der Waals surface area contributed by atoms with Crippen LogP contribution in [-0.4, -0.2) is 30.8 Å². The number of aryl methyl sites for hydroxylation is 1. The molecule has 2 aromatic heterocycles. The van der Waals surface area contributed by atoms with Gasteiger partial charge in [-0.15, -0.1) is 5.10 Å². The Balaban J connectivity index is 2.06. The van der Waals surface area contributed by atoms with Crippen molar-refractivity contribution in [3.8, 4) is 0 Å². The van der Waals surface area contributed by atoms with Gasteiger partial charge in [0.15, 0.2) is 0 Å². The zero-order valence-corrected chi connectivity index (χ0v) is 11.4. The van der Waals surface area contributed by atoms with Crippen molar-refractivity contribution >= 4 is 0 Å². The first-order valence-corrected chi connectivity index (χ1v) is 6.16. The molecule has 6 nitrogen and oxygen atoms in total. The van der Waals surface area contributed by atoms with Gasteiger partial charge in [-0.25, -0.2) is 0 Å². The van der Waals surface area contributed by atoms with E-state index < -0.39 is 0 Å². The fourth-order valence-corrected chi connectivity index (χ4v) is 1.75. The molecule has 2 rings (SSSR count). The number of rotatable bonds is 5. The first-order chi connectivity index (χ1) is 8.56. The van der Waals surface area contributed by atoms with Crippen LogP contribution in [0.4, 0.5) is 0 Å². The van der Waals surface area contributed by atoms with Gasteiger partial charge >= 0.3 is 0 Å². The molecule has 0 saturated carbocycles. The Morgan fingerprint density at radius 2 is 2.17 bits per heavy atom. The molecule has 1 N–H and O–H groups in total. The first kappa shape index (κ1) is 12.8. The molecule has 0 unspecified atom stereocenters. The summed E-state index contributed by atoms with van der Waals surface area (Å²) in [6.07, 6.45) is 3.83. The maximum atomic E-state index is 4.40. The average molecular weight is 248 g/mol. The molecule has 0 spiro atoms. The number of hydrogen-bond donors (Lipinski definition) is 1. The second-order valence-electron chi connectivity index (χ2n) is 4.83. The van der Waals surface area contributed by atoms with Crippen LogP contribution in [0, 0.1) is 6.92 Å². The minimum absolute atomic E-state index is 0.479. The van der Waals surface area contributed by atoms with E-state index in [1.54, 1.807) is 4.68 Å². The van der Waals surface area contributed by atoms with Crippen LogP contribution in [0.2, 0.25) is 0 Å². The summed E-state index contributed by atoms with van der Waals surface area (Å²) in [4.78, 5) is 0. The Morgan fingerprint density at radius 1 is 1.39 bits per heavy atom. The summed E-state index contributed by atoms with van der Waals surface area (Å²) < 4.78 is 3.66. The number of nitrogens with one attached hydrogen (secondary N) is 1. The lowest BCUT2D eigenvalue weighted by Gasteiger charge is -2.07. The summed E-state index contributed by atoms with van der Waals surface area (Å²) in [6.45, 7) is 7.88. The Hall–Kier alpha value is -1.69. The monoisotopic (exact) mass is 248 g/mol. The van der Waals surface area contributed by atoms with Gasteiger partial charge in [0.25, 0.3) is 0 Å². The van der Waals surface area contributed by atoms with Crippen LogP contribution >= 0.6 is 0 Å². The normalized spacial score (nSPS) is 11.4. The number of aromatic nitrogens is 5. The molecule has 0 aliphatic rings. The molecule has 0 bridgehead atoms. The predicted molar refractivity (Wildman–Crippen MR) is 69.0 cm³/mol. The summed E-state index contributed by atoms with van der Waals surface area (Å²) in [5.41, 5.74) is 3.33. The van der Waals surface area contributed by atoms with Crippen LogP contribution < -0.4 is 5.32 Å². The molecular formula is C12H20N6. The van der Waals surface area contributed by atoms with Crippen molar-refractivity contribution in [3.63, 3.8) is 0 Å². The van der Waals surface area contributed by atoms with Gasteiger partial charge < -0.3 is 5.32 Å². The van der Waals surface area contributed by atoms with E-state index in [4.69, 9.17) is 0 Å². The van der Waals surface area contributed by atoms with E-state index in [1.165, 1.54) is 11.3 Å². The van der Waals surface area contributed by atoms with Crippen molar-refractivity contribution in [3.05, 3.63) is 29.3 Å². The topological polar surface area (TPSA) is 60.6 Å². The Labute approximate surface area is 107 Å². The van der Waals surface area contributed by atoms with E-state index in [0.29, 0.717) is 12.6 Å². The minimum Gasteiger partial charge on any atom is -0.310 e. The second kappa shape index (κ2) is 5.30. The summed E-state index contributed by atoms with van der Waals surface area (Å²) >= 11 is 0. The molecular weight excluding hydrogens is 228 g/mol. The van der Waals surface area contributed by atoms with Crippen molar-refractivity contribution in [1.82, 2.24) is 30.1 Å². The number of hydrogen-bond acceptors (Lipinski definition) is 4. The van der Waals surface area contributed by atoms with E-state index >= 15 is 0 Å². The van der Waals surface area contributed by atoms with E-state index in [0.717, 1.165) is 12.2 Å². The molecule has 0 atom stereocenters. The molecule has 0 aliphatic carbocycles. The maximum absolute atomic E-state index is 4.40. The first-order valence-electron chi connectivity index (χ1n) is 6.16. The van der Waals surface area contributed by atoms with Crippen LogP contribution in [0.15, 0.2) is 12.4 Å². The van der Waals surface area contributed by atoms with E-state index in [-0.39, 0.29) is 0 Å². The Bertz CT molecular complexity index is 510. The van der Waals surface area contributed by atoms with Gasteiger partial charge in [0.1, 0.15) is 5.69 Å². The zero-order valence-electron chi connectivity index (χ0n) is 11.4. The molecule has 0 fully saturated rings. The third-order valence-electron chi connectivity index (χ3n) is 2.87. The Kier molecular flexibility index (Phi) is 3.76. The lowest BCUT2D eigenvalue weighted by Crippen LogP contribution is -2.22. The van der Waals surface area contributed by atoms with Crippen molar-refractivity contribution in [1.29, 1.82) is 0 Å². The van der Waals surface area contributed by atoms with Crippen LogP contribution in [-0.2, 0) is 20.1 Å². The van der Waals surface area contributed by atoms with Crippen molar-refractivity contribution in [2.75, 3.05) is 0 Å².